The largest absolute Gasteiger partial charge is 0.325 e. The van der Waals surface area contributed by atoms with Crippen molar-refractivity contribution in [2.75, 3.05) is 11.9 Å². The molecule has 0 bridgehead atoms. The third kappa shape index (κ3) is 2.70. The summed E-state index contributed by atoms with van der Waals surface area (Å²) in [4.78, 5) is 11.7. The highest BCUT2D eigenvalue weighted by molar-refractivity contribution is 6.30. The minimum atomic E-state index is -0.0410. The van der Waals surface area contributed by atoms with Crippen LogP contribution in [0.4, 0.5) is 5.69 Å². The monoisotopic (exact) mass is 224 g/mol. The van der Waals surface area contributed by atoms with Gasteiger partial charge in [0, 0.05) is 10.7 Å². The summed E-state index contributed by atoms with van der Waals surface area (Å²) in [5, 5.41) is 6.67. The normalized spacial score (nSPS) is 20.2. The molecule has 1 atom stereocenters. The van der Waals surface area contributed by atoms with Gasteiger partial charge in [-0.3, -0.25) is 4.79 Å². The van der Waals surface area contributed by atoms with Crippen LogP contribution in [0.25, 0.3) is 0 Å². The zero-order valence-electron chi connectivity index (χ0n) is 8.29. The van der Waals surface area contributed by atoms with Crippen molar-refractivity contribution in [1.82, 2.24) is 5.32 Å². The molecule has 1 saturated heterocycles. The fraction of sp³-hybridized carbons (Fsp3) is 0.364. The molecule has 1 aromatic rings. The quantitative estimate of drug-likeness (QED) is 0.807. The summed E-state index contributed by atoms with van der Waals surface area (Å²) in [6.07, 6.45) is 1.98. The van der Waals surface area contributed by atoms with E-state index in [1.807, 2.05) is 0 Å². The van der Waals surface area contributed by atoms with Crippen molar-refractivity contribution in [1.29, 1.82) is 0 Å². The van der Waals surface area contributed by atoms with E-state index < -0.39 is 0 Å². The van der Waals surface area contributed by atoms with Gasteiger partial charge in [-0.15, -0.1) is 0 Å². The molecule has 1 aromatic carbocycles. The molecule has 80 valence electrons. The Balaban J connectivity index is 1.96. The van der Waals surface area contributed by atoms with Crippen LogP contribution in [0.15, 0.2) is 24.3 Å². The molecule has 0 unspecified atom stereocenters. The average molecular weight is 225 g/mol. The maximum atomic E-state index is 11.7. The maximum absolute atomic E-state index is 11.7. The first kappa shape index (κ1) is 10.5. The molecule has 1 amide bonds. The van der Waals surface area contributed by atoms with Crippen molar-refractivity contribution in [3.8, 4) is 0 Å². The van der Waals surface area contributed by atoms with Crippen molar-refractivity contribution in [3.63, 3.8) is 0 Å². The van der Waals surface area contributed by atoms with Gasteiger partial charge in [0.25, 0.3) is 0 Å². The van der Waals surface area contributed by atoms with Crippen LogP contribution in [0.3, 0.4) is 0 Å². The Morgan fingerprint density at radius 2 is 2.13 bits per heavy atom. The SMILES string of the molecule is O=C(Nc1ccc(Cl)cc1)[C@@H]1CCCN1. The number of hydrogen-bond acceptors (Lipinski definition) is 2. The third-order valence-corrected chi connectivity index (χ3v) is 2.74. The molecule has 0 radical (unpaired) electrons. The fourth-order valence-corrected chi connectivity index (χ4v) is 1.80. The number of carbonyl (C=O) groups is 1. The number of nitrogens with one attached hydrogen (secondary N) is 2. The molecule has 1 heterocycles. The minimum absolute atomic E-state index is 0.0369. The van der Waals surface area contributed by atoms with Crippen LogP contribution >= 0.6 is 11.6 Å². The molecule has 0 saturated carbocycles. The lowest BCUT2D eigenvalue weighted by Gasteiger charge is -2.10. The van der Waals surface area contributed by atoms with E-state index in [0.29, 0.717) is 5.02 Å². The zero-order valence-corrected chi connectivity index (χ0v) is 9.05. The first-order valence-electron chi connectivity index (χ1n) is 5.05. The molecule has 0 aliphatic carbocycles. The summed E-state index contributed by atoms with van der Waals surface area (Å²) in [7, 11) is 0. The fourth-order valence-electron chi connectivity index (χ4n) is 1.67. The molecule has 15 heavy (non-hydrogen) atoms. The highest BCUT2D eigenvalue weighted by atomic mass is 35.5. The maximum Gasteiger partial charge on any atom is 0.241 e. The van der Waals surface area contributed by atoms with Crippen molar-refractivity contribution < 1.29 is 4.79 Å². The Morgan fingerprint density at radius 3 is 2.73 bits per heavy atom. The zero-order chi connectivity index (χ0) is 10.7. The summed E-state index contributed by atoms with van der Waals surface area (Å²) in [6, 6.07) is 7.09. The number of carbonyl (C=O) groups excluding carboxylic acids is 1. The predicted octanol–water partition coefficient (Wildman–Crippen LogP) is 2.03. The molecule has 0 aromatic heterocycles. The summed E-state index contributed by atoms with van der Waals surface area (Å²) in [6.45, 7) is 0.929. The predicted molar refractivity (Wildman–Crippen MR) is 61.1 cm³/mol. The van der Waals surface area contributed by atoms with Crippen LogP contribution < -0.4 is 10.6 Å². The molecule has 2 rings (SSSR count). The molecule has 2 N–H and O–H groups in total. The van der Waals surface area contributed by atoms with E-state index >= 15 is 0 Å². The summed E-state index contributed by atoms with van der Waals surface area (Å²) in [5.41, 5.74) is 0.790. The van der Waals surface area contributed by atoms with Gasteiger partial charge in [0.1, 0.15) is 0 Å². The highest BCUT2D eigenvalue weighted by Gasteiger charge is 2.21. The lowest BCUT2D eigenvalue weighted by atomic mass is 10.2. The van der Waals surface area contributed by atoms with Crippen LogP contribution in [0.5, 0.6) is 0 Å². The number of anilines is 1. The van der Waals surface area contributed by atoms with Gasteiger partial charge in [0.15, 0.2) is 0 Å². The molecular weight excluding hydrogens is 212 g/mol. The van der Waals surface area contributed by atoms with Crippen LogP contribution in [0, 0.1) is 0 Å². The van der Waals surface area contributed by atoms with Crippen LogP contribution in [-0.4, -0.2) is 18.5 Å². The number of halogens is 1. The smallest absolute Gasteiger partial charge is 0.241 e. The Kier molecular flexibility index (Phi) is 3.23. The summed E-state index contributed by atoms with van der Waals surface area (Å²) < 4.78 is 0. The molecular formula is C11H13ClN2O. The third-order valence-electron chi connectivity index (χ3n) is 2.49. The summed E-state index contributed by atoms with van der Waals surface area (Å²) in [5.74, 6) is 0.0369. The van der Waals surface area contributed by atoms with Crippen molar-refractivity contribution in [2.45, 2.75) is 18.9 Å². The Morgan fingerprint density at radius 1 is 1.40 bits per heavy atom. The number of amides is 1. The number of benzene rings is 1. The first-order valence-corrected chi connectivity index (χ1v) is 5.43. The Hall–Kier alpha value is -1.06. The van der Waals surface area contributed by atoms with Gasteiger partial charge < -0.3 is 10.6 Å². The van der Waals surface area contributed by atoms with Crippen molar-refractivity contribution in [3.05, 3.63) is 29.3 Å². The van der Waals surface area contributed by atoms with E-state index in [-0.39, 0.29) is 11.9 Å². The van der Waals surface area contributed by atoms with E-state index in [9.17, 15) is 4.79 Å². The Labute approximate surface area is 93.8 Å². The average Bonchev–Trinajstić information content (AvgIpc) is 2.74. The lowest BCUT2D eigenvalue weighted by Crippen LogP contribution is -2.35. The van der Waals surface area contributed by atoms with Crippen molar-refractivity contribution >= 4 is 23.2 Å². The van der Waals surface area contributed by atoms with Crippen molar-refractivity contribution in [2.24, 2.45) is 0 Å². The molecule has 1 aliphatic rings. The van der Waals surface area contributed by atoms with E-state index in [1.165, 1.54) is 0 Å². The number of hydrogen-bond donors (Lipinski definition) is 2. The van der Waals surface area contributed by atoms with Gasteiger partial charge in [-0.05, 0) is 43.7 Å². The van der Waals surface area contributed by atoms with E-state index in [1.54, 1.807) is 24.3 Å². The van der Waals surface area contributed by atoms with Gasteiger partial charge in [-0.1, -0.05) is 11.6 Å². The molecule has 4 heteroatoms. The van der Waals surface area contributed by atoms with Crippen LogP contribution in [-0.2, 0) is 4.79 Å². The van der Waals surface area contributed by atoms with Gasteiger partial charge >= 0.3 is 0 Å². The van der Waals surface area contributed by atoms with Gasteiger partial charge in [-0.25, -0.2) is 0 Å². The first-order chi connectivity index (χ1) is 7.25. The van der Waals surface area contributed by atoms with E-state index in [2.05, 4.69) is 10.6 Å². The summed E-state index contributed by atoms with van der Waals surface area (Å²) >= 11 is 5.75. The standard InChI is InChI=1S/C11H13ClN2O/c12-8-3-5-9(6-4-8)14-11(15)10-2-1-7-13-10/h3-6,10,13H,1-2,7H2,(H,14,15)/t10-/m0/s1. The molecule has 1 aliphatic heterocycles. The lowest BCUT2D eigenvalue weighted by molar-refractivity contribution is -0.117. The highest BCUT2D eigenvalue weighted by Crippen LogP contribution is 2.14. The van der Waals surface area contributed by atoms with Crippen LogP contribution in [0.2, 0.25) is 5.02 Å². The molecule has 0 spiro atoms. The van der Waals surface area contributed by atoms with Gasteiger partial charge in [-0.2, -0.15) is 0 Å². The molecule has 1 fully saturated rings. The van der Waals surface area contributed by atoms with Gasteiger partial charge in [0.05, 0.1) is 6.04 Å². The Bertz CT molecular complexity index is 344. The topological polar surface area (TPSA) is 41.1 Å². The second-order valence-corrected chi connectivity index (χ2v) is 4.08. The van der Waals surface area contributed by atoms with E-state index in [0.717, 1.165) is 25.1 Å². The minimum Gasteiger partial charge on any atom is -0.325 e. The van der Waals surface area contributed by atoms with Crippen LogP contribution in [0.1, 0.15) is 12.8 Å². The second kappa shape index (κ2) is 4.64. The molecule has 3 nitrogen and oxygen atoms in total. The van der Waals surface area contributed by atoms with Gasteiger partial charge in [0.2, 0.25) is 5.91 Å². The second-order valence-electron chi connectivity index (χ2n) is 3.65. The van der Waals surface area contributed by atoms with E-state index in [4.69, 9.17) is 11.6 Å². The number of rotatable bonds is 2.